The number of aryl methyl sites for hydroxylation is 3. The Balaban J connectivity index is 1.63. The van der Waals surface area contributed by atoms with Crippen molar-refractivity contribution in [3.05, 3.63) is 57.9 Å². The Kier molecular flexibility index (Phi) is 5.89. The minimum absolute atomic E-state index is 0.0568. The predicted molar refractivity (Wildman–Crippen MR) is 124 cm³/mol. The molecule has 164 valence electrons. The van der Waals surface area contributed by atoms with E-state index in [0.717, 1.165) is 35.9 Å². The zero-order valence-electron chi connectivity index (χ0n) is 18.3. The smallest absolute Gasteiger partial charge is 0.279 e. The summed E-state index contributed by atoms with van der Waals surface area (Å²) < 4.78 is 30.3. The third-order valence-electron chi connectivity index (χ3n) is 6.30. The van der Waals surface area contributed by atoms with Crippen molar-refractivity contribution < 1.29 is 13.2 Å². The van der Waals surface area contributed by atoms with Crippen LogP contribution in [0.25, 0.3) is 10.2 Å². The van der Waals surface area contributed by atoms with E-state index in [4.69, 9.17) is 0 Å². The van der Waals surface area contributed by atoms with Gasteiger partial charge in [-0.1, -0.05) is 30.2 Å². The number of benzene rings is 2. The Morgan fingerprint density at radius 3 is 2.39 bits per heavy atom. The minimum atomic E-state index is -3.57. The number of hydrogen-bond acceptors (Lipinski definition) is 4. The summed E-state index contributed by atoms with van der Waals surface area (Å²) in [6.45, 7) is 4.13. The molecule has 0 aliphatic heterocycles. The van der Waals surface area contributed by atoms with Gasteiger partial charge in [0.2, 0.25) is 10.0 Å². The molecule has 1 aliphatic carbocycles. The first kappa shape index (κ1) is 21.9. The van der Waals surface area contributed by atoms with Crippen LogP contribution in [0, 0.1) is 13.8 Å². The zero-order valence-corrected chi connectivity index (χ0v) is 19.9. The van der Waals surface area contributed by atoms with Crippen LogP contribution in [-0.2, 0) is 17.1 Å². The van der Waals surface area contributed by atoms with Crippen molar-refractivity contribution in [2.75, 3.05) is 7.05 Å². The number of sulfonamides is 1. The monoisotopic (exact) mass is 457 g/mol. The number of amides is 1. The number of fused-ring (bicyclic) bond motifs is 1. The van der Waals surface area contributed by atoms with Crippen LogP contribution < -0.4 is 4.80 Å². The maximum atomic E-state index is 12.9. The molecular formula is C23H27N3O3S2. The summed E-state index contributed by atoms with van der Waals surface area (Å²) in [5.74, 6) is -0.385. The average Bonchev–Trinajstić information content (AvgIpc) is 3.39. The molecule has 0 saturated heterocycles. The summed E-state index contributed by atoms with van der Waals surface area (Å²) in [5.41, 5.74) is 3.81. The molecule has 0 atom stereocenters. The highest BCUT2D eigenvalue weighted by Gasteiger charge is 2.30. The van der Waals surface area contributed by atoms with Gasteiger partial charge in [-0.25, -0.2) is 8.42 Å². The summed E-state index contributed by atoms with van der Waals surface area (Å²) in [4.78, 5) is 17.9. The Morgan fingerprint density at radius 1 is 1.10 bits per heavy atom. The van der Waals surface area contributed by atoms with Crippen molar-refractivity contribution >= 4 is 37.5 Å². The van der Waals surface area contributed by atoms with Crippen LogP contribution in [0.3, 0.4) is 0 Å². The standard InChI is InChI=1S/C23H27N3O3S2/c1-15-9-14-20-21(16(15)2)25(3)23(30-20)24-22(27)17-10-12-19(13-11-17)31(28,29)26(4)18-7-5-6-8-18/h9-14,18H,5-8H2,1-4H3. The number of carbonyl (C=O) groups is 1. The van der Waals surface area contributed by atoms with Gasteiger partial charge in [0.05, 0.1) is 15.1 Å². The van der Waals surface area contributed by atoms with Gasteiger partial charge in [0.15, 0.2) is 4.80 Å². The molecule has 1 saturated carbocycles. The molecule has 0 N–H and O–H groups in total. The highest BCUT2D eigenvalue weighted by Crippen LogP contribution is 2.27. The van der Waals surface area contributed by atoms with E-state index in [0.29, 0.717) is 10.4 Å². The third kappa shape index (κ3) is 4.00. The van der Waals surface area contributed by atoms with E-state index in [9.17, 15) is 13.2 Å². The second-order valence-corrected chi connectivity index (χ2v) is 11.2. The van der Waals surface area contributed by atoms with Crippen molar-refractivity contribution in [1.29, 1.82) is 0 Å². The van der Waals surface area contributed by atoms with Crippen molar-refractivity contribution in [2.24, 2.45) is 12.0 Å². The summed E-state index contributed by atoms with van der Waals surface area (Å²) in [5, 5.41) is 0. The molecule has 2 aromatic carbocycles. The van der Waals surface area contributed by atoms with Crippen LogP contribution >= 0.6 is 11.3 Å². The van der Waals surface area contributed by atoms with Crippen molar-refractivity contribution in [3.8, 4) is 0 Å². The molecule has 8 heteroatoms. The van der Waals surface area contributed by atoms with Crippen LogP contribution in [0.4, 0.5) is 0 Å². The predicted octanol–water partition coefficient (Wildman–Crippen LogP) is 4.16. The fourth-order valence-electron chi connectivity index (χ4n) is 4.19. The van der Waals surface area contributed by atoms with E-state index >= 15 is 0 Å². The highest BCUT2D eigenvalue weighted by atomic mass is 32.2. The van der Waals surface area contributed by atoms with E-state index in [1.54, 1.807) is 19.2 Å². The molecule has 0 unspecified atom stereocenters. The van der Waals surface area contributed by atoms with Crippen LogP contribution in [0.5, 0.6) is 0 Å². The first-order chi connectivity index (χ1) is 14.7. The lowest BCUT2D eigenvalue weighted by molar-refractivity contribution is 0.0998. The normalized spacial score (nSPS) is 16.0. The number of hydrogen-bond donors (Lipinski definition) is 0. The molecule has 1 aliphatic rings. The largest absolute Gasteiger partial charge is 0.319 e. The molecular weight excluding hydrogens is 430 g/mol. The van der Waals surface area contributed by atoms with E-state index in [2.05, 4.69) is 24.9 Å². The summed E-state index contributed by atoms with van der Waals surface area (Å²) >= 11 is 1.47. The summed E-state index contributed by atoms with van der Waals surface area (Å²) in [6.07, 6.45) is 3.92. The van der Waals surface area contributed by atoms with Gasteiger partial charge in [-0.15, -0.1) is 0 Å². The second kappa shape index (κ2) is 8.33. The van der Waals surface area contributed by atoms with E-state index in [1.165, 1.54) is 38.9 Å². The average molecular weight is 458 g/mol. The summed E-state index contributed by atoms with van der Waals surface area (Å²) in [6, 6.07) is 10.3. The molecule has 31 heavy (non-hydrogen) atoms. The third-order valence-corrected chi connectivity index (χ3v) is 9.32. The molecule has 4 rings (SSSR count). The van der Waals surface area contributed by atoms with Crippen molar-refractivity contribution in [1.82, 2.24) is 8.87 Å². The number of thiazole rings is 1. The Bertz CT molecular complexity index is 1310. The van der Waals surface area contributed by atoms with Gasteiger partial charge in [-0.3, -0.25) is 4.79 Å². The lowest BCUT2D eigenvalue weighted by Gasteiger charge is -2.23. The van der Waals surface area contributed by atoms with Gasteiger partial charge in [-0.2, -0.15) is 9.30 Å². The topological polar surface area (TPSA) is 71.7 Å². The van der Waals surface area contributed by atoms with Crippen LogP contribution in [0.2, 0.25) is 0 Å². The molecule has 0 radical (unpaired) electrons. The van der Waals surface area contributed by atoms with Crippen molar-refractivity contribution in [3.63, 3.8) is 0 Å². The number of rotatable bonds is 4. The van der Waals surface area contributed by atoms with Gasteiger partial charge in [0.25, 0.3) is 5.91 Å². The zero-order chi connectivity index (χ0) is 22.3. The molecule has 1 amide bonds. The highest BCUT2D eigenvalue weighted by molar-refractivity contribution is 7.89. The first-order valence-electron chi connectivity index (χ1n) is 10.4. The van der Waals surface area contributed by atoms with Gasteiger partial charge in [0, 0.05) is 25.7 Å². The maximum absolute atomic E-state index is 12.9. The molecule has 1 aromatic heterocycles. The van der Waals surface area contributed by atoms with E-state index in [-0.39, 0.29) is 16.8 Å². The van der Waals surface area contributed by atoms with Gasteiger partial charge < -0.3 is 4.57 Å². The number of carbonyl (C=O) groups excluding carboxylic acids is 1. The van der Waals surface area contributed by atoms with Crippen molar-refractivity contribution in [2.45, 2.75) is 50.5 Å². The van der Waals surface area contributed by atoms with Gasteiger partial charge in [-0.05, 0) is 68.1 Å². The number of nitrogens with zero attached hydrogens (tertiary/aromatic N) is 3. The fourth-order valence-corrected chi connectivity index (χ4v) is 6.68. The Morgan fingerprint density at radius 2 is 1.74 bits per heavy atom. The Labute approximate surface area is 186 Å². The quantitative estimate of drug-likeness (QED) is 0.591. The van der Waals surface area contributed by atoms with Crippen LogP contribution in [-0.4, -0.2) is 36.3 Å². The lowest BCUT2D eigenvalue weighted by atomic mass is 10.1. The van der Waals surface area contributed by atoms with Crippen LogP contribution in [0.1, 0.15) is 47.2 Å². The number of aromatic nitrogens is 1. The SMILES string of the molecule is Cc1ccc2sc(=NC(=O)c3ccc(S(=O)(=O)N(C)C4CCCC4)cc3)n(C)c2c1C. The molecule has 6 nitrogen and oxygen atoms in total. The molecule has 1 fully saturated rings. The second-order valence-electron chi connectivity index (χ2n) is 8.20. The summed E-state index contributed by atoms with van der Waals surface area (Å²) in [7, 11) is -0.0149. The first-order valence-corrected chi connectivity index (χ1v) is 12.7. The molecule has 3 aromatic rings. The van der Waals surface area contributed by atoms with Crippen LogP contribution in [0.15, 0.2) is 46.3 Å². The Hall–Kier alpha value is -2.29. The maximum Gasteiger partial charge on any atom is 0.279 e. The van der Waals surface area contributed by atoms with Gasteiger partial charge >= 0.3 is 0 Å². The minimum Gasteiger partial charge on any atom is -0.319 e. The molecule has 0 spiro atoms. The van der Waals surface area contributed by atoms with Gasteiger partial charge in [0.1, 0.15) is 0 Å². The molecule has 1 heterocycles. The van der Waals surface area contributed by atoms with E-state index < -0.39 is 10.0 Å². The fraction of sp³-hybridized carbons (Fsp3) is 0.391. The molecule has 0 bridgehead atoms. The lowest BCUT2D eigenvalue weighted by Crippen LogP contribution is -2.35. The van der Waals surface area contributed by atoms with E-state index in [1.807, 2.05) is 17.7 Å².